The summed E-state index contributed by atoms with van der Waals surface area (Å²) in [4.78, 5) is 27.4. The molecule has 33 heavy (non-hydrogen) atoms. The first-order valence-electron chi connectivity index (χ1n) is 10.2. The second-order valence-corrected chi connectivity index (χ2v) is 10.5. The topological polar surface area (TPSA) is 74.8 Å². The number of carbonyl (C=O) groups excluding carboxylic acids is 2. The normalized spacial score (nSPS) is 21.8. The average Bonchev–Trinajstić information content (AvgIpc) is 3.03. The Morgan fingerprint density at radius 3 is 2.21 bits per heavy atom. The van der Waals surface area contributed by atoms with Gasteiger partial charge in [-0.15, -0.1) is 0 Å². The van der Waals surface area contributed by atoms with Crippen molar-refractivity contribution in [2.24, 2.45) is 5.41 Å². The summed E-state index contributed by atoms with van der Waals surface area (Å²) >= 11 is 6.01. The number of benzene rings is 2. The molecule has 0 bridgehead atoms. The van der Waals surface area contributed by atoms with Crippen molar-refractivity contribution < 1.29 is 31.2 Å². The van der Waals surface area contributed by atoms with Crippen LogP contribution in [0.5, 0.6) is 0 Å². The quantitative estimate of drug-likeness (QED) is 0.631. The monoisotopic (exact) mass is 500 g/mol. The molecule has 2 aliphatic heterocycles. The first-order chi connectivity index (χ1) is 15.4. The van der Waals surface area contributed by atoms with Gasteiger partial charge in [-0.2, -0.15) is 13.2 Å². The molecule has 1 atom stereocenters. The van der Waals surface area contributed by atoms with Gasteiger partial charge < -0.3 is 4.90 Å². The average molecular weight is 501 g/mol. The molecule has 0 aromatic heterocycles. The SMILES string of the molecule is O=C1CC2(CCN(c3ccc(CC(F)(F)F)cc3)C2=O)CCN1S(=O)(=O)c1ccccc1Cl. The van der Waals surface area contributed by atoms with E-state index in [2.05, 4.69) is 0 Å². The standard InChI is InChI=1S/C22H20ClF3N2O4S/c23-17-3-1-2-4-18(17)33(31,32)28-12-10-21(14-19(28)29)9-11-27(20(21)30)16-7-5-15(6-8-16)13-22(24,25)26/h1-8H,9-14H2. The van der Waals surface area contributed by atoms with Crippen molar-refractivity contribution in [3.63, 3.8) is 0 Å². The van der Waals surface area contributed by atoms with Crippen molar-refractivity contribution in [2.45, 2.75) is 36.8 Å². The number of hydrogen-bond donors (Lipinski definition) is 0. The van der Waals surface area contributed by atoms with E-state index in [0.29, 0.717) is 18.7 Å². The Morgan fingerprint density at radius 2 is 1.61 bits per heavy atom. The van der Waals surface area contributed by atoms with Gasteiger partial charge in [-0.3, -0.25) is 9.59 Å². The Labute approximate surface area is 194 Å². The molecule has 1 unspecified atom stereocenters. The molecule has 2 aromatic rings. The molecule has 0 N–H and O–H groups in total. The highest BCUT2D eigenvalue weighted by Gasteiger charge is 2.53. The number of anilines is 1. The van der Waals surface area contributed by atoms with E-state index in [1.807, 2.05) is 0 Å². The number of piperidine rings is 1. The van der Waals surface area contributed by atoms with E-state index in [1.165, 1.54) is 47.4 Å². The number of hydrogen-bond acceptors (Lipinski definition) is 4. The predicted molar refractivity (Wildman–Crippen MR) is 115 cm³/mol. The number of alkyl halides is 3. The van der Waals surface area contributed by atoms with Crippen LogP contribution in [0.15, 0.2) is 53.4 Å². The van der Waals surface area contributed by atoms with Crippen molar-refractivity contribution in [1.29, 1.82) is 0 Å². The van der Waals surface area contributed by atoms with Crippen molar-refractivity contribution in [1.82, 2.24) is 4.31 Å². The third-order valence-electron chi connectivity index (χ3n) is 6.13. The Balaban J connectivity index is 1.50. The minimum absolute atomic E-state index is 0.00248. The lowest BCUT2D eigenvalue weighted by Crippen LogP contribution is -2.49. The molecule has 2 aromatic carbocycles. The van der Waals surface area contributed by atoms with Crippen molar-refractivity contribution in [2.75, 3.05) is 18.0 Å². The Morgan fingerprint density at radius 1 is 0.970 bits per heavy atom. The van der Waals surface area contributed by atoms with Gasteiger partial charge in [0.05, 0.1) is 16.9 Å². The van der Waals surface area contributed by atoms with Gasteiger partial charge in [0.1, 0.15) is 4.90 Å². The maximum atomic E-state index is 13.2. The molecular weight excluding hydrogens is 481 g/mol. The zero-order chi connectivity index (χ0) is 24.0. The molecule has 4 rings (SSSR count). The van der Waals surface area contributed by atoms with Crippen LogP contribution in [0.3, 0.4) is 0 Å². The van der Waals surface area contributed by atoms with E-state index in [-0.39, 0.29) is 40.8 Å². The minimum Gasteiger partial charge on any atom is -0.312 e. The fraction of sp³-hybridized carbons (Fsp3) is 0.364. The highest BCUT2D eigenvalue weighted by Crippen LogP contribution is 2.44. The van der Waals surface area contributed by atoms with Gasteiger partial charge in [0.2, 0.25) is 11.8 Å². The van der Waals surface area contributed by atoms with E-state index >= 15 is 0 Å². The largest absolute Gasteiger partial charge is 0.393 e. The van der Waals surface area contributed by atoms with Crippen LogP contribution in [-0.4, -0.2) is 43.8 Å². The van der Waals surface area contributed by atoms with Gasteiger partial charge in [-0.25, -0.2) is 12.7 Å². The van der Waals surface area contributed by atoms with E-state index in [4.69, 9.17) is 11.6 Å². The molecule has 2 aliphatic rings. The van der Waals surface area contributed by atoms with Crippen molar-refractivity contribution >= 4 is 39.1 Å². The van der Waals surface area contributed by atoms with Crippen LogP contribution in [0, 0.1) is 5.41 Å². The summed E-state index contributed by atoms with van der Waals surface area (Å²) in [5, 5.41) is 0.00248. The van der Waals surface area contributed by atoms with Gasteiger partial charge >= 0.3 is 6.18 Å². The van der Waals surface area contributed by atoms with Gasteiger partial charge in [0.25, 0.3) is 10.0 Å². The molecule has 0 aliphatic carbocycles. The molecular formula is C22H20ClF3N2O4S. The lowest BCUT2D eigenvalue weighted by Gasteiger charge is -2.36. The molecule has 11 heteroatoms. The molecule has 6 nitrogen and oxygen atoms in total. The van der Waals surface area contributed by atoms with E-state index in [9.17, 15) is 31.2 Å². The maximum absolute atomic E-state index is 13.2. The fourth-order valence-corrected chi connectivity index (χ4v) is 6.32. The van der Waals surface area contributed by atoms with Crippen LogP contribution in [0.25, 0.3) is 0 Å². The maximum Gasteiger partial charge on any atom is 0.393 e. The molecule has 0 radical (unpaired) electrons. The summed E-state index contributed by atoms with van der Waals surface area (Å²) in [6.07, 6.45) is -5.15. The van der Waals surface area contributed by atoms with E-state index in [1.54, 1.807) is 6.07 Å². The number of nitrogens with zero attached hydrogens (tertiary/aromatic N) is 2. The number of carbonyl (C=O) groups is 2. The Kier molecular flexibility index (Phi) is 5.94. The highest BCUT2D eigenvalue weighted by atomic mass is 35.5. The predicted octanol–water partition coefficient (Wildman–Crippen LogP) is 4.18. The van der Waals surface area contributed by atoms with Crippen LogP contribution in [-0.2, 0) is 26.0 Å². The lowest BCUT2D eigenvalue weighted by atomic mass is 9.77. The van der Waals surface area contributed by atoms with E-state index < -0.39 is 33.9 Å². The zero-order valence-corrected chi connectivity index (χ0v) is 18.9. The summed E-state index contributed by atoms with van der Waals surface area (Å²) < 4.78 is 64.4. The lowest BCUT2D eigenvalue weighted by molar-refractivity contribution is -0.139. The number of sulfonamides is 1. The first kappa shape index (κ1) is 23.6. The first-order valence-corrected chi connectivity index (χ1v) is 12.0. The summed E-state index contributed by atoms with van der Waals surface area (Å²) in [5.41, 5.74) is -0.504. The number of halogens is 4. The van der Waals surface area contributed by atoms with Crippen LogP contribution in [0.4, 0.5) is 18.9 Å². The third-order valence-corrected chi connectivity index (χ3v) is 8.45. The van der Waals surface area contributed by atoms with Crippen LogP contribution < -0.4 is 4.90 Å². The molecule has 2 amide bonds. The second kappa shape index (κ2) is 8.32. The molecule has 2 saturated heterocycles. The van der Waals surface area contributed by atoms with Gasteiger partial charge in [0.15, 0.2) is 0 Å². The minimum atomic E-state index is -4.33. The van der Waals surface area contributed by atoms with Gasteiger partial charge in [-0.05, 0) is 42.7 Å². The summed E-state index contributed by atoms with van der Waals surface area (Å²) in [6.45, 7) is 0.137. The summed E-state index contributed by atoms with van der Waals surface area (Å²) in [5.74, 6) is -1.01. The number of rotatable bonds is 4. The molecule has 0 saturated carbocycles. The molecule has 2 fully saturated rings. The van der Waals surface area contributed by atoms with Crippen LogP contribution in [0.2, 0.25) is 5.02 Å². The highest BCUT2D eigenvalue weighted by molar-refractivity contribution is 7.89. The van der Waals surface area contributed by atoms with Crippen molar-refractivity contribution in [3.8, 4) is 0 Å². The number of amides is 2. The van der Waals surface area contributed by atoms with Crippen molar-refractivity contribution in [3.05, 3.63) is 59.1 Å². The zero-order valence-electron chi connectivity index (χ0n) is 17.3. The molecule has 176 valence electrons. The summed E-state index contributed by atoms with van der Waals surface area (Å²) in [7, 11) is -4.16. The Bertz CT molecular complexity index is 1200. The summed E-state index contributed by atoms with van der Waals surface area (Å²) in [6, 6.07) is 11.4. The van der Waals surface area contributed by atoms with Crippen LogP contribution >= 0.6 is 11.6 Å². The third kappa shape index (κ3) is 4.46. The second-order valence-electron chi connectivity index (χ2n) is 8.27. The molecule has 1 spiro atoms. The smallest absolute Gasteiger partial charge is 0.312 e. The fourth-order valence-electron chi connectivity index (χ4n) is 4.42. The Hall–Kier alpha value is -2.59. The molecule has 2 heterocycles. The van der Waals surface area contributed by atoms with Gasteiger partial charge in [0, 0.05) is 25.2 Å². The van der Waals surface area contributed by atoms with E-state index in [0.717, 1.165) is 4.31 Å². The van der Waals surface area contributed by atoms with Gasteiger partial charge in [-0.1, -0.05) is 35.9 Å². The van der Waals surface area contributed by atoms with Crippen LogP contribution in [0.1, 0.15) is 24.8 Å².